The first-order chi connectivity index (χ1) is 17.4. The molecule has 2 aromatic carbocycles. The Labute approximate surface area is 215 Å². The fourth-order valence-electron chi connectivity index (χ4n) is 3.96. The van der Waals surface area contributed by atoms with Crippen LogP contribution in [-0.2, 0) is 14.4 Å². The van der Waals surface area contributed by atoms with Crippen molar-refractivity contribution in [1.82, 2.24) is 4.90 Å². The molecular formula is C27H32N4O6. The Morgan fingerprint density at radius 2 is 1.51 bits per heavy atom. The second-order valence-corrected chi connectivity index (χ2v) is 8.47. The van der Waals surface area contributed by atoms with Crippen molar-refractivity contribution in [3.63, 3.8) is 0 Å². The minimum atomic E-state index is -1.56. The van der Waals surface area contributed by atoms with Gasteiger partial charge in [0, 0.05) is 24.6 Å². The van der Waals surface area contributed by atoms with Gasteiger partial charge in [-0.1, -0.05) is 19.1 Å². The number of esters is 1. The van der Waals surface area contributed by atoms with Crippen molar-refractivity contribution in [3.8, 4) is 5.75 Å². The molecule has 0 saturated heterocycles. The number of aliphatic carboxylic acids is 1. The zero-order valence-corrected chi connectivity index (χ0v) is 21.1. The summed E-state index contributed by atoms with van der Waals surface area (Å²) in [5, 5.41) is 17.3. The molecule has 10 heteroatoms. The summed E-state index contributed by atoms with van der Waals surface area (Å²) in [5.74, 6) is -2.72. The Morgan fingerprint density at radius 3 is 1.97 bits per heavy atom. The quantitative estimate of drug-likeness (QED) is 0.112. The molecule has 1 atom stereocenters. The fourth-order valence-corrected chi connectivity index (χ4v) is 3.96. The molecule has 0 aliphatic carbocycles. The molecule has 6 N–H and O–H groups in total. The number of nitrogens with two attached hydrogens (primary N) is 2. The topological polar surface area (TPSA) is 177 Å². The zero-order chi connectivity index (χ0) is 27.8. The molecule has 0 unspecified atom stereocenters. The van der Waals surface area contributed by atoms with E-state index < -0.39 is 29.3 Å². The third kappa shape index (κ3) is 7.03. The third-order valence-corrected chi connectivity index (χ3v) is 6.16. The van der Waals surface area contributed by atoms with E-state index in [9.17, 15) is 24.3 Å². The standard InChI is InChI=1S/C27H32N4O6/c1-4-27(26(35)36,15-14-22(28)32)31(5-2)23(33)16-17(3)18-6-8-20(9-7-18)25(34)37-21-12-10-19(11-13-21)24(29)30/h6-13,16H,4-5,14-15H2,1-3H3,(H2,28,32)(H3,29,30)(H,35,36)/b17-16+/t27-/m0/s1. The Bertz CT molecular complexity index is 1200. The first-order valence-electron chi connectivity index (χ1n) is 11.7. The SMILES string of the molecule is CCN(C(=O)/C=C(\C)c1ccc(C(=O)Oc2ccc(C(=N)N)cc2)cc1)[C@@](CC)(CCC(N)=O)C(=O)O. The van der Waals surface area contributed by atoms with Crippen LogP contribution in [0.1, 0.15) is 61.5 Å². The molecule has 0 spiro atoms. The summed E-state index contributed by atoms with van der Waals surface area (Å²) in [6, 6.07) is 12.7. The summed E-state index contributed by atoms with van der Waals surface area (Å²) in [6.45, 7) is 5.15. The number of nitrogens with one attached hydrogen (secondary N) is 1. The molecule has 37 heavy (non-hydrogen) atoms. The maximum atomic E-state index is 13.1. The lowest BCUT2D eigenvalue weighted by Gasteiger charge is -2.39. The van der Waals surface area contributed by atoms with Gasteiger partial charge in [0.15, 0.2) is 0 Å². The highest BCUT2D eigenvalue weighted by Gasteiger charge is 2.44. The number of carboxylic acid groups (broad SMARTS) is 1. The number of likely N-dealkylation sites (N-methyl/N-ethyl adjacent to an activating group) is 1. The number of hydrogen-bond acceptors (Lipinski definition) is 6. The highest BCUT2D eigenvalue weighted by molar-refractivity contribution is 5.99. The van der Waals surface area contributed by atoms with Crippen LogP contribution in [0.25, 0.3) is 5.57 Å². The number of ether oxygens (including phenoxy) is 1. The van der Waals surface area contributed by atoms with Crippen LogP contribution in [0.2, 0.25) is 0 Å². The summed E-state index contributed by atoms with van der Waals surface area (Å²) in [4.78, 5) is 50.3. The number of primary amides is 1. The molecule has 0 radical (unpaired) electrons. The van der Waals surface area contributed by atoms with E-state index in [1.807, 2.05) is 0 Å². The zero-order valence-electron chi connectivity index (χ0n) is 21.1. The highest BCUT2D eigenvalue weighted by atomic mass is 16.5. The number of nitrogen functional groups attached to an aromatic ring is 1. The van der Waals surface area contributed by atoms with E-state index in [1.54, 1.807) is 57.2 Å². The number of allylic oxidation sites excluding steroid dienone is 1. The van der Waals surface area contributed by atoms with E-state index in [0.29, 0.717) is 22.4 Å². The van der Waals surface area contributed by atoms with E-state index in [4.69, 9.17) is 21.6 Å². The summed E-state index contributed by atoms with van der Waals surface area (Å²) >= 11 is 0. The van der Waals surface area contributed by atoms with Crippen molar-refractivity contribution in [2.75, 3.05) is 6.54 Å². The Kier molecular flexibility index (Phi) is 9.70. The van der Waals surface area contributed by atoms with Crippen LogP contribution < -0.4 is 16.2 Å². The van der Waals surface area contributed by atoms with Gasteiger partial charge in [0.2, 0.25) is 11.8 Å². The fraction of sp³-hybridized carbons (Fsp3) is 0.296. The lowest BCUT2D eigenvalue weighted by Crippen LogP contribution is -2.56. The Hall–Kier alpha value is -4.47. The van der Waals surface area contributed by atoms with Gasteiger partial charge in [0.25, 0.3) is 0 Å². The molecule has 0 heterocycles. The van der Waals surface area contributed by atoms with Gasteiger partial charge in [0.1, 0.15) is 17.1 Å². The summed E-state index contributed by atoms with van der Waals surface area (Å²) < 4.78 is 5.34. The van der Waals surface area contributed by atoms with Crippen molar-refractivity contribution < 1.29 is 29.0 Å². The molecule has 0 aliphatic rings. The first-order valence-corrected chi connectivity index (χ1v) is 11.7. The van der Waals surface area contributed by atoms with Gasteiger partial charge < -0.3 is 26.2 Å². The molecule has 0 aliphatic heterocycles. The van der Waals surface area contributed by atoms with Gasteiger partial charge in [-0.25, -0.2) is 9.59 Å². The van der Waals surface area contributed by atoms with Crippen molar-refractivity contribution in [3.05, 3.63) is 71.3 Å². The average molecular weight is 509 g/mol. The summed E-state index contributed by atoms with van der Waals surface area (Å²) in [6.07, 6.45) is 1.20. The number of rotatable bonds is 12. The normalized spacial score (nSPS) is 12.8. The molecule has 2 aromatic rings. The molecule has 10 nitrogen and oxygen atoms in total. The van der Waals surface area contributed by atoms with Gasteiger partial charge in [-0.05, 0) is 74.2 Å². The van der Waals surface area contributed by atoms with Gasteiger partial charge in [-0.3, -0.25) is 15.0 Å². The number of benzene rings is 2. The van der Waals surface area contributed by atoms with Gasteiger partial charge in [-0.15, -0.1) is 0 Å². The van der Waals surface area contributed by atoms with E-state index >= 15 is 0 Å². The van der Waals surface area contributed by atoms with E-state index in [2.05, 4.69) is 0 Å². The van der Waals surface area contributed by atoms with Gasteiger partial charge >= 0.3 is 11.9 Å². The predicted octanol–water partition coefficient (Wildman–Crippen LogP) is 2.94. The number of carboxylic acids is 1. The number of amides is 2. The van der Waals surface area contributed by atoms with Crippen LogP contribution in [-0.4, -0.2) is 51.7 Å². The van der Waals surface area contributed by atoms with Crippen LogP contribution in [0.15, 0.2) is 54.6 Å². The summed E-state index contributed by atoms with van der Waals surface area (Å²) in [7, 11) is 0. The number of carbonyl (C=O) groups excluding carboxylic acids is 3. The lowest BCUT2D eigenvalue weighted by atomic mass is 9.87. The predicted molar refractivity (Wildman–Crippen MR) is 139 cm³/mol. The van der Waals surface area contributed by atoms with Crippen molar-refractivity contribution in [2.24, 2.45) is 11.5 Å². The van der Waals surface area contributed by atoms with E-state index in [0.717, 1.165) is 0 Å². The monoisotopic (exact) mass is 508 g/mol. The third-order valence-electron chi connectivity index (χ3n) is 6.16. The molecular weight excluding hydrogens is 476 g/mol. The van der Waals surface area contributed by atoms with Crippen LogP contribution in [0.3, 0.4) is 0 Å². The maximum absolute atomic E-state index is 13.1. The van der Waals surface area contributed by atoms with E-state index in [-0.39, 0.29) is 37.2 Å². The number of hydrogen-bond donors (Lipinski definition) is 4. The van der Waals surface area contributed by atoms with E-state index in [1.165, 1.54) is 23.1 Å². The van der Waals surface area contributed by atoms with Gasteiger partial charge in [0.05, 0.1) is 5.56 Å². The molecule has 196 valence electrons. The molecule has 0 saturated carbocycles. The molecule has 2 amide bonds. The van der Waals surface area contributed by atoms with Crippen LogP contribution >= 0.6 is 0 Å². The van der Waals surface area contributed by atoms with Crippen LogP contribution in [0, 0.1) is 5.41 Å². The average Bonchev–Trinajstić information content (AvgIpc) is 2.86. The highest BCUT2D eigenvalue weighted by Crippen LogP contribution is 2.28. The lowest BCUT2D eigenvalue weighted by molar-refractivity contribution is -0.158. The summed E-state index contributed by atoms with van der Waals surface area (Å²) in [5.41, 5.74) is 11.1. The molecule has 0 fully saturated rings. The Morgan fingerprint density at radius 1 is 0.973 bits per heavy atom. The first kappa shape index (κ1) is 28.8. The number of carbonyl (C=O) groups is 4. The number of amidine groups is 1. The second-order valence-electron chi connectivity index (χ2n) is 8.47. The minimum absolute atomic E-state index is 0.0884. The maximum Gasteiger partial charge on any atom is 0.343 e. The minimum Gasteiger partial charge on any atom is -0.479 e. The smallest absolute Gasteiger partial charge is 0.343 e. The van der Waals surface area contributed by atoms with Gasteiger partial charge in [-0.2, -0.15) is 0 Å². The largest absolute Gasteiger partial charge is 0.479 e. The Balaban J connectivity index is 2.20. The second kappa shape index (κ2) is 12.5. The molecule has 2 rings (SSSR count). The van der Waals surface area contributed by atoms with Crippen molar-refractivity contribution in [2.45, 2.75) is 45.6 Å². The molecule has 0 aromatic heterocycles. The van der Waals surface area contributed by atoms with Crippen molar-refractivity contribution >= 4 is 35.2 Å². The van der Waals surface area contributed by atoms with Crippen LogP contribution in [0.5, 0.6) is 5.75 Å². The van der Waals surface area contributed by atoms with Crippen LogP contribution in [0.4, 0.5) is 0 Å². The van der Waals surface area contributed by atoms with Crippen molar-refractivity contribution in [1.29, 1.82) is 5.41 Å². The number of nitrogens with zero attached hydrogens (tertiary/aromatic N) is 1. The molecule has 0 bridgehead atoms.